The highest BCUT2D eigenvalue weighted by molar-refractivity contribution is 5.28. The number of nitrogens with zero attached hydrogens (tertiary/aromatic N) is 2. The summed E-state index contributed by atoms with van der Waals surface area (Å²) in [5.41, 5.74) is 8.99. The van der Waals surface area contributed by atoms with Gasteiger partial charge in [-0.25, -0.2) is 0 Å². The number of likely N-dealkylation sites (tertiary alicyclic amines) is 1. The Labute approximate surface area is 130 Å². The number of benzene rings is 1. The van der Waals surface area contributed by atoms with Gasteiger partial charge in [-0.1, -0.05) is 24.3 Å². The van der Waals surface area contributed by atoms with E-state index in [9.17, 15) is 0 Å². The van der Waals surface area contributed by atoms with Gasteiger partial charge in [-0.2, -0.15) is 0 Å². The van der Waals surface area contributed by atoms with E-state index < -0.39 is 0 Å². The number of hydrogen-bond donors (Lipinski definition) is 1. The average Bonchev–Trinajstić information content (AvgIpc) is 2.46. The van der Waals surface area contributed by atoms with Crippen LogP contribution in [0.25, 0.3) is 0 Å². The van der Waals surface area contributed by atoms with Crippen LogP contribution in [0.4, 0.5) is 0 Å². The van der Waals surface area contributed by atoms with E-state index in [4.69, 9.17) is 5.73 Å². The molecule has 1 heterocycles. The third kappa shape index (κ3) is 5.10. The molecular weight excluding hydrogens is 258 g/mol. The van der Waals surface area contributed by atoms with Gasteiger partial charge in [0.25, 0.3) is 0 Å². The van der Waals surface area contributed by atoms with Gasteiger partial charge in [-0.3, -0.25) is 0 Å². The Bertz CT molecular complexity index is 422. The molecule has 21 heavy (non-hydrogen) atoms. The Balaban J connectivity index is 1.73. The quantitative estimate of drug-likeness (QED) is 0.874. The minimum Gasteiger partial charge on any atom is -0.324 e. The summed E-state index contributed by atoms with van der Waals surface area (Å²) in [4.78, 5) is 4.90. The molecule has 0 aromatic heterocycles. The second-order valence-corrected chi connectivity index (χ2v) is 6.80. The largest absolute Gasteiger partial charge is 0.324 e. The first-order valence-electron chi connectivity index (χ1n) is 8.24. The van der Waals surface area contributed by atoms with Crippen LogP contribution in [0.3, 0.4) is 0 Å². The number of piperidine rings is 1. The van der Waals surface area contributed by atoms with Crippen molar-refractivity contribution in [2.24, 2.45) is 11.7 Å². The lowest BCUT2D eigenvalue weighted by molar-refractivity contribution is 0.159. The van der Waals surface area contributed by atoms with Crippen molar-refractivity contribution in [3.63, 3.8) is 0 Å². The predicted octanol–water partition coefficient (Wildman–Crippen LogP) is 2.66. The Morgan fingerprint density at radius 1 is 1.24 bits per heavy atom. The lowest BCUT2D eigenvalue weighted by Gasteiger charge is -2.33. The number of hydrogen-bond acceptors (Lipinski definition) is 3. The second kappa shape index (κ2) is 7.92. The van der Waals surface area contributed by atoms with Crippen LogP contribution in [0.15, 0.2) is 24.3 Å². The minimum atomic E-state index is 0.172. The van der Waals surface area contributed by atoms with E-state index >= 15 is 0 Å². The molecule has 1 fully saturated rings. The molecule has 1 aromatic rings. The fourth-order valence-corrected chi connectivity index (χ4v) is 3.39. The van der Waals surface area contributed by atoms with Crippen LogP contribution < -0.4 is 5.73 Å². The van der Waals surface area contributed by atoms with Crippen molar-refractivity contribution in [2.75, 3.05) is 40.3 Å². The Morgan fingerprint density at radius 3 is 2.52 bits per heavy atom. The molecular formula is C18H31N3. The van der Waals surface area contributed by atoms with Gasteiger partial charge >= 0.3 is 0 Å². The number of aryl methyl sites for hydroxylation is 1. The molecule has 1 aromatic carbocycles. The van der Waals surface area contributed by atoms with Gasteiger partial charge in [0, 0.05) is 12.6 Å². The average molecular weight is 289 g/mol. The van der Waals surface area contributed by atoms with Gasteiger partial charge in [0.2, 0.25) is 0 Å². The maximum absolute atomic E-state index is 6.37. The van der Waals surface area contributed by atoms with Gasteiger partial charge in [-0.15, -0.1) is 0 Å². The van der Waals surface area contributed by atoms with E-state index in [-0.39, 0.29) is 6.04 Å². The predicted molar refractivity (Wildman–Crippen MR) is 90.4 cm³/mol. The zero-order valence-corrected chi connectivity index (χ0v) is 13.9. The molecule has 0 amide bonds. The summed E-state index contributed by atoms with van der Waals surface area (Å²) >= 11 is 0. The van der Waals surface area contributed by atoms with Crippen molar-refractivity contribution in [1.29, 1.82) is 0 Å². The standard InChI is InChI=1S/C18H31N3/c1-15-6-4-5-7-17(15)18(19)10-13-21-11-8-16(9-12-21)14-20(2)3/h4-7,16,18H,8-14,19H2,1-3H3. The van der Waals surface area contributed by atoms with Crippen LogP contribution in [0.5, 0.6) is 0 Å². The molecule has 3 heteroatoms. The molecule has 0 radical (unpaired) electrons. The highest BCUT2D eigenvalue weighted by atomic mass is 15.1. The molecule has 1 aliphatic rings. The molecule has 0 spiro atoms. The molecule has 3 nitrogen and oxygen atoms in total. The van der Waals surface area contributed by atoms with E-state index in [1.165, 1.54) is 43.6 Å². The van der Waals surface area contributed by atoms with Gasteiger partial charge in [0.05, 0.1) is 0 Å². The zero-order chi connectivity index (χ0) is 15.2. The highest BCUT2D eigenvalue weighted by Gasteiger charge is 2.20. The Hall–Kier alpha value is -0.900. The second-order valence-electron chi connectivity index (χ2n) is 6.80. The first-order valence-corrected chi connectivity index (χ1v) is 8.24. The Kier molecular flexibility index (Phi) is 6.22. The van der Waals surface area contributed by atoms with Crippen molar-refractivity contribution in [3.8, 4) is 0 Å². The van der Waals surface area contributed by atoms with Crippen molar-refractivity contribution in [1.82, 2.24) is 9.80 Å². The Morgan fingerprint density at radius 2 is 1.90 bits per heavy atom. The van der Waals surface area contributed by atoms with Crippen LogP contribution in [0.2, 0.25) is 0 Å². The van der Waals surface area contributed by atoms with E-state index in [0.717, 1.165) is 18.9 Å². The van der Waals surface area contributed by atoms with E-state index in [2.05, 4.69) is 55.1 Å². The summed E-state index contributed by atoms with van der Waals surface area (Å²) in [6, 6.07) is 8.67. The molecule has 0 bridgehead atoms. The van der Waals surface area contributed by atoms with Gasteiger partial charge in [0.1, 0.15) is 0 Å². The van der Waals surface area contributed by atoms with E-state index in [0.29, 0.717) is 0 Å². The van der Waals surface area contributed by atoms with E-state index in [1.807, 2.05) is 0 Å². The fraction of sp³-hybridized carbons (Fsp3) is 0.667. The monoisotopic (exact) mass is 289 g/mol. The topological polar surface area (TPSA) is 32.5 Å². The third-order valence-electron chi connectivity index (χ3n) is 4.67. The smallest absolute Gasteiger partial charge is 0.0309 e. The lowest BCUT2D eigenvalue weighted by Crippen LogP contribution is -2.38. The highest BCUT2D eigenvalue weighted by Crippen LogP contribution is 2.21. The van der Waals surface area contributed by atoms with Crippen molar-refractivity contribution in [3.05, 3.63) is 35.4 Å². The first-order chi connectivity index (χ1) is 10.1. The van der Waals surface area contributed by atoms with Gasteiger partial charge in [-0.05, 0) is 77.0 Å². The summed E-state index contributed by atoms with van der Waals surface area (Å²) in [6.45, 7) is 6.99. The molecule has 1 saturated heterocycles. The van der Waals surface area contributed by atoms with Crippen molar-refractivity contribution in [2.45, 2.75) is 32.2 Å². The maximum Gasteiger partial charge on any atom is 0.0309 e. The molecule has 1 aliphatic heterocycles. The van der Waals surface area contributed by atoms with Crippen LogP contribution in [0.1, 0.15) is 36.4 Å². The minimum absolute atomic E-state index is 0.172. The van der Waals surface area contributed by atoms with Crippen LogP contribution in [0, 0.1) is 12.8 Å². The van der Waals surface area contributed by atoms with Gasteiger partial charge < -0.3 is 15.5 Å². The number of nitrogens with two attached hydrogens (primary N) is 1. The van der Waals surface area contributed by atoms with Crippen LogP contribution in [-0.4, -0.2) is 50.1 Å². The summed E-state index contributed by atoms with van der Waals surface area (Å²) in [6.07, 6.45) is 3.72. The molecule has 1 unspecified atom stereocenters. The zero-order valence-electron chi connectivity index (χ0n) is 13.9. The lowest BCUT2D eigenvalue weighted by atomic mass is 9.95. The summed E-state index contributed by atoms with van der Waals surface area (Å²) < 4.78 is 0. The van der Waals surface area contributed by atoms with Crippen LogP contribution >= 0.6 is 0 Å². The molecule has 0 aliphatic carbocycles. The molecule has 0 saturated carbocycles. The molecule has 2 rings (SSSR count). The summed E-state index contributed by atoms with van der Waals surface area (Å²) in [5, 5.41) is 0. The SMILES string of the molecule is Cc1ccccc1C(N)CCN1CCC(CN(C)C)CC1. The molecule has 2 N–H and O–H groups in total. The number of rotatable bonds is 6. The maximum atomic E-state index is 6.37. The summed E-state index contributed by atoms with van der Waals surface area (Å²) in [5.74, 6) is 0.876. The van der Waals surface area contributed by atoms with Crippen LogP contribution in [-0.2, 0) is 0 Å². The first kappa shape index (κ1) is 16.5. The third-order valence-corrected chi connectivity index (χ3v) is 4.67. The van der Waals surface area contributed by atoms with Crippen molar-refractivity contribution >= 4 is 0 Å². The fourth-order valence-electron chi connectivity index (χ4n) is 3.39. The van der Waals surface area contributed by atoms with Gasteiger partial charge in [0.15, 0.2) is 0 Å². The van der Waals surface area contributed by atoms with Crippen molar-refractivity contribution < 1.29 is 0 Å². The van der Waals surface area contributed by atoms with E-state index in [1.54, 1.807) is 0 Å². The normalized spacial score (nSPS) is 19.1. The molecule has 1 atom stereocenters. The summed E-state index contributed by atoms with van der Waals surface area (Å²) in [7, 11) is 4.35. The molecule has 118 valence electrons.